The third-order valence-electron chi connectivity index (χ3n) is 3.07. The van der Waals surface area contributed by atoms with Crippen molar-refractivity contribution in [1.82, 2.24) is 29.8 Å². The Bertz CT molecular complexity index is 992. The number of anilines is 1. The smallest absolute Gasteiger partial charge is 0.130 e. The van der Waals surface area contributed by atoms with Gasteiger partial charge in [0.05, 0.1) is 18.1 Å². The molecule has 0 saturated heterocycles. The molecule has 0 aliphatic carbocycles. The maximum atomic E-state index is 13.1. The minimum atomic E-state index is -0.990. The van der Waals surface area contributed by atoms with Crippen LogP contribution in [0, 0.1) is 42.6 Å². The summed E-state index contributed by atoms with van der Waals surface area (Å²) >= 11 is 0. The van der Waals surface area contributed by atoms with Crippen molar-refractivity contribution < 1.29 is 38.6 Å². The first-order valence-corrected chi connectivity index (χ1v) is 7.44. The summed E-state index contributed by atoms with van der Waals surface area (Å²) in [7, 11) is 1.73. The van der Waals surface area contributed by atoms with Crippen LogP contribution in [-0.2, 0) is 21.1 Å². The van der Waals surface area contributed by atoms with Gasteiger partial charge in [-0.15, -0.1) is 18.8 Å². The van der Waals surface area contributed by atoms with E-state index in [1.54, 1.807) is 11.9 Å². The molecule has 0 fully saturated rings. The molecule has 0 N–H and O–H groups in total. The number of aromatic nitrogens is 5. The molecule has 154 valence electrons. The number of nitrogens with zero attached hydrogens (tertiary/aromatic N) is 8. The van der Waals surface area contributed by atoms with Gasteiger partial charge in [0.25, 0.3) is 0 Å². The molecule has 4 heterocycles. The van der Waals surface area contributed by atoms with Crippen LogP contribution < -0.4 is 5.01 Å². The second-order valence-electron chi connectivity index (χ2n) is 5.07. The van der Waals surface area contributed by atoms with Crippen molar-refractivity contribution in [2.75, 3.05) is 12.1 Å². The van der Waals surface area contributed by atoms with Crippen LogP contribution in [0.15, 0.2) is 29.9 Å². The summed E-state index contributed by atoms with van der Waals surface area (Å²) < 4.78 is 51.0. The average Bonchev–Trinajstić information content (AvgIpc) is 3.09. The molecule has 4 rings (SSSR count). The SMILES string of the molecule is CN1C=NN(c2[c-]cc(F)nc2F)[CH-]1.Fc1c[c-]c(-c2ncncn2)c(F)n1.[Pt]. The van der Waals surface area contributed by atoms with E-state index in [1.807, 2.05) is 0 Å². The van der Waals surface area contributed by atoms with E-state index < -0.39 is 23.8 Å². The number of hydrogen-bond donors (Lipinski definition) is 0. The summed E-state index contributed by atoms with van der Waals surface area (Å²) in [6.45, 7) is 1.52. The van der Waals surface area contributed by atoms with Gasteiger partial charge in [0.2, 0.25) is 0 Å². The van der Waals surface area contributed by atoms with E-state index in [9.17, 15) is 17.6 Å². The van der Waals surface area contributed by atoms with Crippen molar-refractivity contribution in [2.24, 2.45) is 5.10 Å². The molecule has 1 aliphatic heterocycles. The van der Waals surface area contributed by atoms with E-state index in [1.165, 1.54) is 30.7 Å². The number of hydrazone groups is 1. The van der Waals surface area contributed by atoms with E-state index in [4.69, 9.17) is 0 Å². The fraction of sp³-hybridized carbons (Fsp3) is 0.0625. The van der Waals surface area contributed by atoms with Crippen LogP contribution in [0.1, 0.15) is 0 Å². The molecule has 3 aromatic rings. The van der Waals surface area contributed by atoms with E-state index >= 15 is 0 Å². The molecule has 1 aliphatic rings. The number of rotatable bonds is 2. The summed E-state index contributed by atoms with van der Waals surface area (Å²) in [4.78, 5) is 18.6. The Morgan fingerprint density at radius 1 is 0.931 bits per heavy atom. The molecule has 0 aromatic carbocycles. The first-order chi connectivity index (χ1) is 13.4. The molecule has 0 radical (unpaired) electrons. The fourth-order valence-corrected chi connectivity index (χ4v) is 1.91. The Hall–Kier alpha value is -3.01. The summed E-state index contributed by atoms with van der Waals surface area (Å²) in [6, 6.07) is 6.64. The van der Waals surface area contributed by atoms with E-state index in [-0.39, 0.29) is 38.1 Å². The van der Waals surface area contributed by atoms with Gasteiger partial charge in [-0.25, -0.2) is 13.8 Å². The predicted molar refractivity (Wildman–Crippen MR) is 87.8 cm³/mol. The van der Waals surface area contributed by atoms with E-state index in [0.29, 0.717) is 0 Å². The zero-order valence-corrected chi connectivity index (χ0v) is 16.6. The molecule has 0 bridgehead atoms. The third kappa shape index (κ3) is 5.73. The van der Waals surface area contributed by atoms with Crippen LogP contribution in [0.25, 0.3) is 11.4 Å². The van der Waals surface area contributed by atoms with Crippen molar-refractivity contribution in [2.45, 2.75) is 0 Å². The summed E-state index contributed by atoms with van der Waals surface area (Å²) in [5.74, 6) is -3.68. The number of hydrogen-bond acceptors (Lipinski definition) is 8. The molecule has 0 atom stereocenters. The molecule has 13 heteroatoms. The van der Waals surface area contributed by atoms with Gasteiger partial charge in [-0.05, 0) is 12.7 Å². The molecule has 3 aromatic heterocycles. The summed E-state index contributed by atoms with van der Waals surface area (Å²) in [6.07, 6.45) is 3.90. The maximum Gasteiger partial charge on any atom is 0.130 e. The van der Waals surface area contributed by atoms with Crippen LogP contribution in [0.3, 0.4) is 0 Å². The van der Waals surface area contributed by atoms with Crippen LogP contribution in [0.2, 0.25) is 0 Å². The zero-order chi connectivity index (χ0) is 20.1. The largest absolute Gasteiger partial charge is 0.493 e. The molecule has 29 heavy (non-hydrogen) atoms. The number of pyridine rings is 2. The Morgan fingerprint density at radius 2 is 1.55 bits per heavy atom. The first kappa shape index (κ1) is 22.3. The summed E-state index contributed by atoms with van der Waals surface area (Å²) in [5.41, 5.74) is -0.0826. The monoisotopic (exact) mass is 584 g/mol. The topological polar surface area (TPSA) is 83.3 Å². The number of halogens is 4. The van der Waals surface area contributed by atoms with Crippen molar-refractivity contribution >= 4 is 12.0 Å². The minimum absolute atomic E-state index is 0. The van der Waals surface area contributed by atoms with Gasteiger partial charge in [-0.1, -0.05) is 11.6 Å². The quantitative estimate of drug-likeness (QED) is 0.259. The van der Waals surface area contributed by atoms with Gasteiger partial charge in [0, 0.05) is 21.1 Å². The molecule has 0 amide bonds. The van der Waals surface area contributed by atoms with Gasteiger partial charge in [0.15, 0.2) is 0 Å². The third-order valence-corrected chi connectivity index (χ3v) is 3.07. The summed E-state index contributed by atoms with van der Waals surface area (Å²) in [5, 5.41) is 5.05. The fourth-order valence-electron chi connectivity index (χ4n) is 1.91. The molecular formula is C16H9F4N8Pt-3. The van der Waals surface area contributed by atoms with Crippen molar-refractivity contribution in [3.8, 4) is 11.4 Å². The van der Waals surface area contributed by atoms with Crippen molar-refractivity contribution in [3.05, 3.63) is 67.4 Å². The van der Waals surface area contributed by atoms with Crippen LogP contribution >= 0.6 is 0 Å². The van der Waals surface area contributed by atoms with Crippen LogP contribution in [-0.4, -0.2) is 43.2 Å². The van der Waals surface area contributed by atoms with Gasteiger partial charge < -0.3 is 14.9 Å². The zero-order valence-electron chi connectivity index (χ0n) is 14.4. The van der Waals surface area contributed by atoms with Crippen molar-refractivity contribution in [1.29, 1.82) is 0 Å². The van der Waals surface area contributed by atoms with E-state index in [2.05, 4.69) is 42.2 Å². The Kier molecular flexibility index (Phi) is 7.65. The molecule has 0 unspecified atom stereocenters. The molecule has 8 nitrogen and oxygen atoms in total. The second-order valence-corrected chi connectivity index (χ2v) is 5.07. The molecule has 0 spiro atoms. The standard InChI is InChI=1S/C8H6F2N4.C8H3F2N4.Pt/c1-13-4-11-14(5-13)6-2-3-7(9)12-8(6)10;9-6-2-1-5(7(10)14-6)8-12-3-11-4-13-8;/h3-5H,1H3;2-4H;/q-2;-1;. The van der Waals surface area contributed by atoms with Gasteiger partial charge in [-0.3, -0.25) is 23.7 Å². The minimum Gasteiger partial charge on any atom is -0.493 e. The normalized spacial score (nSPS) is 12.3. The van der Waals surface area contributed by atoms with Crippen LogP contribution in [0.5, 0.6) is 0 Å². The van der Waals surface area contributed by atoms with Gasteiger partial charge >= 0.3 is 0 Å². The predicted octanol–water partition coefficient (Wildman–Crippen LogP) is 1.98. The van der Waals surface area contributed by atoms with Gasteiger partial charge in [0.1, 0.15) is 30.5 Å². The Morgan fingerprint density at radius 3 is 2.10 bits per heavy atom. The van der Waals surface area contributed by atoms with Crippen molar-refractivity contribution in [3.63, 3.8) is 0 Å². The Balaban J connectivity index is 0.000000200. The molecule has 0 saturated carbocycles. The van der Waals surface area contributed by atoms with Gasteiger partial charge in [-0.2, -0.15) is 11.2 Å². The second kappa shape index (κ2) is 9.96. The van der Waals surface area contributed by atoms with E-state index in [0.717, 1.165) is 12.1 Å². The maximum absolute atomic E-state index is 13.1. The molecular weight excluding hydrogens is 575 g/mol. The van der Waals surface area contributed by atoms with Crippen LogP contribution in [0.4, 0.5) is 23.2 Å². The first-order valence-electron chi connectivity index (χ1n) is 7.44. The average molecular weight is 584 g/mol. The Labute approximate surface area is 176 Å².